The Balaban J connectivity index is 4.09. The summed E-state index contributed by atoms with van der Waals surface area (Å²) < 4.78 is 22.9. The second kappa shape index (κ2) is 33.5. The van der Waals surface area contributed by atoms with Crippen molar-refractivity contribution >= 4 is 13.7 Å². The van der Waals surface area contributed by atoms with Crippen molar-refractivity contribution in [1.29, 1.82) is 0 Å². The number of carbonyl (C=O) groups is 1. The van der Waals surface area contributed by atoms with Gasteiger partial charge in [-0.3, -0.25) is 9.36 Å². The van der Waals surface area contributed by atoms with Crippen LogP contribution in [-0.4, -0.2) is 68.5 Å². The third-order valence-electron chi connectivity index (χ3n) is 8.84. The molecule has 2 N–H and O–H groups in total. The van der Waals surface area contributed by atoms with Crippen LogP contribution in [0.1, 0.15) is 168 Å². The van der Waals surface area contributed by atoms with Gasteiger partial charge in [0, 0.05) is 6.42 Å². The van der Waals surface area contributed by atoms with Gasteiger partial charge in [0.1, 0.15) is 13.2 Å². The molecule has 8 nitrogen and oxygen atoms in total. The number of carbonyl (C=O) groups excluding carboxylic acids is 1. The molecule has 9 heteroatoms. The molecule has 0 radical (unpaired) electrons. The third-order valence-corrected chi connectivity index (χ3v) is 9.81. The molecule has 3 atom stereocenters. The average molecular weight is 727 g/mol. The molecule has 0 saturated heterocycles. The number of phosphoric ester groups is 1. The normalized spacial score (nSPS) is 14.9. The van der Waals surface area contributed by atoms with Crippen molar-refractivity contribution in [3.63, 3.8) is 0 Å². The third kappa shape index (κ3) is 35.1. The molecule has 294 valence electrons. The Morgan fingerprint density at radius 3 is 1.70 bits per heavy atom. The van der Waals surface area contributed by atoms with E-state index < -0.39 is 20.0 Å². The molecular weight excluding hydrogens is 647 g/mol. The number of phosphoric acid groups is 1. The van der Waals surface area contributed by atoms with Gasteiger partial charge in [-0.2, -0.15) is 0 Å². The monoisotopic (exact) mass is 727 g/mol. The molecular formula is C41H79N2O6P. The van der Waals surface area contributed by atoms with Crippen molar-refractivity contribution in [3.05, 3.63) is 36.5 Å². The zero-order valence-electron chi connectivity index (χ0n) is 33.1. The molecule has 0 aliphatic rings. The van der Waals surface area contributed by atoms with E-state index in [0.29, 0.717) is 17.4 Å². The Morgan fingerprint density at radius 2 is 1.16 bits per heavy atom. The van der Waals surface area contributed by atoms with Gasteiger partial charge in [-0.1, -0.05) is 147 Å². The number of hydrogen-bond acceptors (Lipinski definition) is 6. The molecule has 3 unspecified atom stereocenters. The van der Waals surface area contributed by atoms with Crippen molar-refractivity contribution in [2.75, 3.05) is 40.9 Å². The molecule has 0 heterocycles. The highest BCUT2D eigenvalue weighted by Crippen LogP contribution is 2.38. The van der Waals surface area contributed by atoms with Crippen molar-refractivity contribution in [2.24, 2.45) is 0 Å². The molecule has 0 spiro atoms. The summed E-state index contributed by atoms with van der Waals surface area (Å²) >= 11 is 0. The summed E-state index contributed by atoms with van der Waals surface area (Å²) in [7, 11) is 1.25. The van der Waals surface area contributed by atoms with Gasteiger partial charge < -0.3 is 28.8 Å². The molecule has 0 aromatic heterocycles. The Kier molecular flexibility index (Phi) is 32.7. The Hall–Kier alpha value is -1.28. The molecule has 0 aliphatic carbocycles. The number of likely N-dealkylation sites (N-methyl/N-ethyl adjacent to an activating group) is 1. The van der Waals surface area contributed by atoms with Crippen LogP contribution >= 0.6 is 7.82 Å². The Morgan fingerprint density at radius 1 is 0.700 bits per heavy atom. The number of nitrogens with one attached hydrogen (secondary N) is 1. The van der Waals surface area contributed by atoms with Gasteiger partial charge in [0.15, 0.2) is 0 Å². The molecule has 0 bridgehead atoms. The minimum absolute atomic E-state index is 0.00280. The van der Waals surface area contributed by atoms with Crippen molar-refractivity contribution in [3.8, 4) is 0 Å². The van der Waals surface area contributed by atoms with Gasteiger partial charge in [-0.05, 0) is 51.4 Å². The smallest absolute Gasteiger partial charge is 0.268 e. The Labute approximate surface area is 308 Å². The summed E-state index contributed by atoms with van der Waals surface area (Å²) in [6.45, 7) is 4.50. The van der Waals surface area contributed by atoms with Crippen LogP contribution in [0.3, 0.4) is 0 Å². The van der Waals surface area contributed by atoms with Crippen LogP contribution in [0, 0.1) is 0 Å². The molecule has 0 fully saturated rings. The summed E-state index contributed by atoms with van der Waals surface area (Å²) in [6.07, 6.45) is 39.5. The average Bonchev–Trinajstić information content (AvgIpc) is 3.06. The lowest BCUT2D eigenvalue weighted by Crippen LogP contribution is -2.45. The van der Waals surface area contributed by atoms with E-state index in [-0.39, 0.29) is 19.1 Å². The topological polar surface area (TPSA) is 108 Å². The summed E-state index contributed by atoms with van der Waals surface area (Å²) in [5.41, 5.74) is 0. The van der Waals surface area contributed by atoms with Crippen LogP contribution in [0.15, 0.2) is 36.5 Å². The molecule has 0 rings (SSSR count). The Bertz CT molecular complexity index is 917. The maximum absolute atomic E-state index is 12.7. The molecule has 50 heavy (non-hydrogen) atoms. The fourth-order valence-corrected chi connectivity index (χ4v) is 6.26. The van der Waals surface area contributed by atoms with E-state index in [0.717, 1.165) is 51.4 Å². The highest BCUT2D eigenvalue weighted by molar-refractivity contribution is 7.45. The number of quaternary nitrogens is 1. The van der Waals surface area contributed by atoms with Gasteiger partial charge in [0.05, 0.1) is 39.9 Å². The van der Waals surface area contributed by atoms with Crippen LogP contribution < -0.4 is 10.2 Å². The zero-order chi connectivity index (χ0) is 37.2. The van der Waals surface area contributed by atoms with E-state index in [4.69, 9.17) is 9.05 Å². The first-order chi connectivity index (χ1) is 24.0. The second-order valence-corrected chi connectivity index (χ2v) is 16.4. The number of allylic oxidation sites excluding steroid dienone is 5. The lowest BCUT2D eigenvalue weighted by atomic mass is 10.0. The summed E-state index contributed by atoms with van der Waals surface area (Å²) in [5, 5.41) is 13.5. The first-order valence-electron chi connectivity index (χ1n) is 20.4. The molecule has 0 aromatic carbocycles. The maximum Gasteiger partial charge on any atom is 0.268 e. The number of hydrogen-bond donors (Lipinski definition) is 2. The number of aliphatic hydroxyl groups is 1. The van der Waals surface area contributed by atoms with Crippen LogP contribution in [0.25, 0.3) is 0 Å². The predicted molar refractivity (Wildman–Crippen MR) is 210 cm³/mol. The van der Waals surface area contributed by atoms with Gasteiger partial charge in [-0.25, -0.2) is 0 Å². The summed E-state index contributed by atoms with van der Waals surface area (Å²) in [5.74, 6) is -0.209. The van der Waals surface area contributed by atoms with E-state index in [2.05, 4.69) is 43.5 Å². The van der Waals surface area contributed by atoms with Gasteiger partial charge >= 0.3 is 0 Å². The predicted octanol–water partition coefficient (Wildman–Crippen LogP) is 10.1. The summed E-state index contributed by atoms with van der Waals surface area (Å²) in [6, 6.07) is -0.882. The maximum atomic E-state index is 12.7. The van der Waals surface area contributed by atoms with Crippen LogP contribution in [0.5, 0.6) is 0 Å². The van der Waals surface area contributed by atoms with E-state index in [1.807, 2.05) is 27.2 Å². The fourth-order valence-electron chi connectivity index (χ4n) is 5.53. The van der Waals surface area contributed by atoms with Gasteiger partial charge in [0.25, 0.3) is 7.82 Å². The van der Waals surface area contributed by atoms with E-state index in [1.54, 1.807) is 6.08 Å². The van der Waals surface area contributed by atoms with Crippen LogP contribution in [-0.2, 0) is 18.4 Å². The molecule has 0 aliphatic heterocycles. The first-order valence-corrected chi connectivity index (χ1v) is 21.8. The first kappa shape index (κ1) is 48.7. The number of nitrogens with zero attached hydrogens (tertiary/aromatic N) is 1. The highest BCUT2D eigenvalue weighted by Gasteiger charge is 2.23. The van der Waals surface area contributed by atoms with Crippen molar-refractivity contribution in [1.82, 2.24) is 5.32 Å². The van der Waals surface area contributed by atoms with Crippen LogP contribution in [0.2, 0.25) is 0 Å². The lowest BCUT2D eigenvalue weighted by molar-refractivity contribution is -0.870. The standard InChI is InChI=1S/C41H79N2O6P/c1-6-8-10-12-13-14-15-16-17-18-19-20-21-22-23-24-25-26-27-28-29-31-33-35-41(45)42-39(40(44)34-32-30-11-9-7-2)38-49-50(46,47)48-37-36-43(3,4)5/h15-16,18-19,32,34,39-40,44H,6-14,17,20-31,33,35-38H2,1-5H3,(H-,42,45,46,47)/b16-15-,19-18-,34-32+. The molecule has 0 aromatic rings. The quantitative estimate of drug-likeness (QED) is 0.0288. The number of unbranched alkanes of at least 4 members (excludes halogenated alkanes) is 19. The van der Waals surface area contributed by atoms with Gasteiger partial charge in [-0.15, -0.1) is 0 Å². The number of amides is 1. The van der Waals surface area contributed by atoms with E-state index in [1.165, 1.54) is 96.3 Å². The zero-order valence-corrected chi connectivity index (χ0v) is 34.0. The SMILES string of the molecule is CCCCC/C=C/C(O)C(COP(=O)([O-])OCC[N+](C)(C)C)NC(=O)CCCCCCCCCCCCC/C=C\C/C=C\CCCCCCC. The van der Waals surface area contributed by atoms with Crippen molar-refractivity contribution in [2.45, 2.75) is 180 Å². The van der Waals surface area contributed by atoms with Crippen LogP contribution in [0.4, 0.5) is 0 Å². The minimum Gasteiger partial charge on any atom is -0.756 e. The highest BCUT2D eigenvalue weighted by atomic mass is 31.2. The molecule has 1 amide bonds. The van der Waals surface area contributed by atoms with Crippen molar-refractivity contribution < 1.29 is 32.9 Å². The van der Waals surface area contributed by atoms with Gasteiger partial charge in [0.2, 0.25) is 5.91 Å². The molecule has 0 saturated carbocycles. The number of aliphatic hydroxyl groups excluding tert-OH is 1. The largest absolute Gasteiger partial charge is 0.756 e. The second-order valence-electron chi connectivity index (χ2n) is 15.0. The van der Waals surface area contributed by atoms with E-state index >= 15 is 0 Å². The van der Waals surface area contributed by atoms with E-state index in [9.17, 15) is 19.4 Å². The lowest BCUT2D eigenvalue weighted by Gasteiger charge is -2.29. The fraction of sp³-hybridized carbons (Fsp3) is 0.829. The minimum atomic E-state index is -4.57. The summed E-state index contributed by atoms with van der Waals surface area (Å²) in [4.78, 5) is 25.0. The number of rotatable bonds is 36.